The smallest absolute Gasteiger partial charge is 0.416 e. The molecular formula is C24H21F3N2O3. The molecule has 4 rings (SSSR count). The number of benzene rings is 3. The number of carbonyl (C=O) groups is 2. The summed E-state index contributed by atoms with van der Waals surface area (Å²) in [6.07, 6.45) is -3.68. The van der Waals surface area contributed by atoms with E-state index in [0.717, 1.165) is 29.2 Å². The minimum atomic E-state index is -4.39. The van der Waals surface area contributed by atoms with Gasteiger partial charge in [-0.15, -0.1) is 0 Å². The Hall–Kier alpha value is -3.55. The summed E-state index contributed by atoms with van der Waals surface area (Å²) < 4.78 is 44.5. The number of anilines is 1. The predicted octanol–water partition coefficient (Wildman–Crippen LogP) is 4.40. The van der Waals surface area contributed by atoms with Crippen molar-refractivity contribution in [3.8, 4) is 5.75 Å². The summed E-state index contributed by atoms with van der Waals surface area (Å²) in [6.45, 7) is 1.36. The molecule has 5 nitrogen and oxygen atoms in total. The van der Waals surface area contributed by atoms with Crippen LogP contribution in [0.3, 0.4) is 0 Å². The van der Waals surface area contributed by atoms with E-state index in [2.05, 4.69) is 0 Å². The second-order valence-electron chi connectivity index (χ2n) is 7.52. The molecule has 0 atom stereocenters. The average molecular weight is 442 g/mol. The van der Waals surface area contributed by atoms with Crippen molar-refractivity contribution in [2.45, 2.75) is 6.18 Å². The van der Waals surface area contributed by atoms with Gasteiger partial charge >= 0.3 is 6.18 Å². The van der Waals surface area contributed by atoms with Gasteiger partial charge in [-0.2, -0.15) is 13.2 Å². The number of hydrogen-bond acceptors (Lipinski definition) is 4. The fourth-order valence-electron chi connectivity index (χ4n) is 3.85. The fraction of sp³-hybridized carbons (Fsp3) is 0.250. The van der Waals surface area contributed by atoms with Crippen molar-refractivity contribution in [3.63, 3.8) is 0 Å². The highest BCUT2D eigenvalue weighted by molar-refractivity contribution is 6.00. The van der Waals surface area contributed by atoms with Crippen LogP contribution in [0.2, 0.25) is 0 Å². The van der Waals surface area contributed by atoms with E-state index in [1.165, 1.54) is 6.07 Å². The first kappa shape index (κ1) is 21.7. The number of piperazine rings is 1. The molecule has 3 aromatic carbocycles. The van der Waals surface area contributed by atoms with Crippen LogP contribution in [0.25, 0.3) is 10.8 Å². The van der Waals surface area contributed by atoms with Crippen molar-refractivity contribution in [2.24, 2.45) is 0 Å². The molecule has 1 fully saturated rings. The van der Waals surface area contributed by atoms with Gasteiger partial charge in [0.2, 0.25) is 0 Å². The van der Waals surface area contributed by atoms with E-state index in [1.54, 1.807) is 17.0 Å². The van der Waals surface area contributed by atoms with Crippen LogP contribution in [0.15, 0.2) is 60.7 Å². The Morgan fingerprint density at radius 3 is 2.44 bits per heavy atom. The second kappa shape index (κ2) is 8.90. The molecule has 1 amide bonds. The Morgan fingerprint density at radius 1 is 0.969 bits per heavy atom. The fourth-order valence-corrected chi connectivity index (χ4v) is 3.85. The van der Waals surface area contributed by atoms with Crippen molar-refractivity contribution in [1.29, 1.82) is 0 Å². The highest BCUT2D eigenvalue weighted by Crippen LogP contribution is 2.32. The van der Waals surface area contributed by atoms with Gasteiger partial charge in [0, 0.05) is 31.9 Å². The molecule has 1 aliphatic heterocycles. The van der Waals surface area contributed by atoms with Crippen LogP contribution in [-0.4, -0.2) is 49.9 Å². The highest BCUT2D eigenvalue weighted by atomic mass is 19.4. The highest BCUT2D eigenvalue weighted by Gasteiger charge is 2.31. The lowest BCUT2D eigenvalue weighted by atomic mass is 10.0. The molecule has 0 saturated carbocycles. The van der Waals surface area contributed by atoms with Gasteiger partial charge in [-0.1, -0.05) is 36.4 Å². The van der Waals surface area contributed by atoms with Crippen LogP contribution in [0.1, 0.15) is 15.9 Å². The van der Waals surface area contributed by atoms with Crippen molar-refractivity contribution >= 4 is 28.7 Å². The monoisotopic (exact) mass is 442 g/mol. The molecule has 0 radical (unpaired) electrons. The van der Waals surface area contributed by atoms with Crippen LogP contribution >= 0.6 is 0 Å². The van der Waals surface area contributed by atoms with Gasteiger partial charge in [-0.3, -0.25) is 9.59 Å². The van der Waals surface area contributed by atoms with E-state index in [0.29, 0.717) is 43.2 Å². The first-order valence-corrected chi connectivity index (χ1v) is 10.2. The Balaban J connectivity index is 1.37. The zero-order valence-corrected chi connectivity index (χ0v) is 17.1. The van der Waals surface area contributed by atoms with Crippen LogP contribution in [0.4, 0.5) is 18.9 Å². The molecule has 0 unspecified atom stereocenters. The zero-order chi connectivity index (χ0) is 22.7. The number of fused-ring (bicyclic) bond motifs is 1. The number of ether oxygens (including phenoxy) is 1. The summed E-state index contributed by atoms with van der Waals surface area (Å²) in [4.78, 5) is 27.6. The van der Waals surface area contributed by atoms with E-state index in [-0.39, 0.29) is 12.5 Å². The number of amides is 1. The third kappa shape index (κ3) is 4.54. The maximum atomic E-state index is 13.0. The quantitative estimate of drug-likeness (QED) is 0.550. The van der Waals surface area contributed by atoms with Gasteiger partial charge in [0.1, 0.15) is 5.75 Å². The molecule has 1 aliphatic rings. The van der Waals surface area contributed by atoms with Crippen LogP contribution in [-0.2, 0) is 11.0 Å². The minimum absolute atomic E-state index is 0.220. The maximum absolute atomic E-state index is 13.0. The third-order valence-corrected chi connectivity index (χ3v) is 5.57. The molecule has 0 aliphatic carbocycles. The SMILES string of the molecule is O=Cc1c(OCC(=O)N2CCN(c3cccc(C(F)(F)F)c3)CC2)ccc2ccccc12. The topological polar surface area (TPSA) is 49.9 Å². The lowest BCUT2D eigenvalue weighted by Crippen LogP contribution is -2.50. The summed E-state index contributed by atoms with van der Waals surface area (Å²) in [5.74, 6) is 0.105. The molecule has 0 aromatic heterocycles. The third-order valence-electron chi connectivity index (χ3n) is 5.57. The molecule has 0 spiro atoms. The van der Waals surface area contributed by atoms with Crippen molar-refractivity contribution < 1.29 is 27.5 Å². The van der Waals surface area contributed by atoms with Gasteiger partial charge in [0.25, 0.3) is 5.91 Å². The lowest BCUT2D eigenvalue weighted by Gasteiger charge is -2.36. The first-order valence-electron chi connectivity index (χ1n) is 10.2. The second-order valence-corrected chi connectivity index (χ2v) is 7.52. The average Bonchev–Trinajstić information content (AvgIpc) is 2.81. The number of alkyl halides is 3. The first-order chi connectivity index (χ1) is 15.4. The van der Waals surface area contributed by atoms with Gasteiger partial charge in [-0.05, 0) is 35.0 Å². The molecule has 166 valence electrons. The van der Waals surface area contributed by atoms with Gasteiger partial charge in [0.15, 0.2) is 12.9 Å². The Bertz CT molecular complexity index is 1140. The predicted molar refractivity (Wildman–Crippen MR) is 115 cm³/mol. The maximum Gasteiger partial charge on any atom is 0.416 e. The van der Waals surface area contributed by atoms with Crippen LogP contribution < -0.4 is 9.64 Å². The van der Waals surface area contributed by atoms with E-state index in [9.17, 15) is 22.8 Å². The molecule has 0 bridgehead atoms. The number of rotatable bonds is 5. The van der Waals surface area contributed by atoms with Gasteiger partial charge in [-0.25, -0.2) is 0 Å². The van der Waals surface area contributed by atoms with Crippen LogP contribution in [0, 0.1) is 0 Å². The van der Waals surface area contributed by atoms with Crippen molar-refractivity contribution in [3.05, 3.63) is 71.8 Å². The van der Waals surface area contributed by atoms with Crippen molar-refractivity contribution in [2.75, 3.05) is 37.7 Å². The molecule has 0 N–H and O–H groups in total. The number of aldehydes is 1. The molecular weight excluding hydrogens is 421 g/mol. The van der Waals surface area contributed by atoms with E-state index < -0.39 is 11.7 Å². The number of nitrogens with zero attached hydrogens (tertiary/aromatic N) is 2. The number of carbonyl (C=O) groups excluding carboxylic acids is 2. The van der Waals surface area contributed by atoms with E-state index in [1.807, 2.05) is 35.2 Å². The molecule has 8 heteroatoms. The standard InChI is InChI=1S/C24H21F3N2O3/c25-24(26,27)18-5-3-6-19(14-18)28-10-12-29(13-11-28)23(31)16-32-22-9-8-17-4-1-2-7-20(17)21(22)15-30/h1-9,14-15H,10-13,16H2. The van der Waals surface area contributed by atoms with Crippen LogP contribution in [0.5, 0.6) is 5.75 Å². The zero-order valence-electron chi connectivity index (χ0n) is 17.1. The van der Waals surface area contributed by atoms with E-state index >= 15 is 0 Å². The summed E-state index contributed by atoms with van der Waals surface area (Å²) >= 11 is 0. The summed E-state index contributed by atoms with van der Waals surface area (Å²) in [5.41, 5.74) is 0.184. The van der Waals surface area contributed by atoms with Gasteiger partial charge < -0.3 is 14.5 Å². The Labute approximate surface area is 183 Å². The molecule has 32 heavy (non-hydrogen) atoms. The van der Waals surface area contributed by atoms with E-state index in [4.69, 9.17) is 4.74 Å². The Kier molecular flexibility index (Phi) is 6.03. The van der Waals surface area contributed by atoms with Crippen molar-refractivity contribution in [1.82, 2.24) is 4.90 Å². The molecule has 3 aromatic rings. The summed E-state index contributed by atoms with van der Waals surface area (Å²) in [7, 11) is 0. The minimum Gasteiger partial charge on any atom is -0.483 e. The largest absolute Gasteiger partial charge is 0.483 e. The number of halogens is 3. The Morgan fingerprint density at radius 2 is 1.72 bits per heavy atom. The lowest BCUT2D eigenvalue weighted by molar-refractivity contribution is -0.137. The summed E-state index contributed by atoms with van der Waals surface area (Å²) in [6, 6.07) is 16.1. The molecule has 1 heterocycles. The molecule has 1 saturated heterocycles. The normalized spacial score (nSPS) is 14.5. The van der Waals surface area contributed by atoms with Gasteiger partial charge in [0.05, 0.1) is 11.1 Å². The summed E-state index contributed by atoms with van der Waals surface area (Å²) in [5, 5.41) is 1.65. The number of hydrogen-bond donors (Lipinski definition) is 0.